The van der Waals surface area contributed by atoms with Crippen molar-refractivity contribution < 1.29 is 9.47 Å². The lowest BCUT2D eigenvalue weighted by Crippen LogP contribution is -1.98. The molecule has 18 heavy (non-hydrogen) atoms. The van der Waals surface area contributed by atoms with Gasteiger partial charge >= 0.3 is 0 Å². The minimum atomic E-state index is 0.449. The minimum absolute atomic E-state index is 0.449. The van der Waals surface area contributed by atoms with E-state index in [4.69, 9.17) is 21.1 Å². The summed E-state index contributed by atoms with van der Waals surface area (Å²) >= 11 is 9.29. The van der Waals surface area contributed by atoms with Crippen LogP contribution >= 0.6 is 27.5 Å². The first kappa shape index (κ1) is 13.2. The summed E-state index contributed by atoms with van der Waals surface area (Å²) in [6, 6.07) is 13.2. The molecular formula is C14H12BrClO2. The predicted molar refractivity (Wildman–Crippen MR) is 76.5 cm³/mol. The molecule has 2 aromatic rings. The fourth-order valence-corrected chi connectivity index (χ4v) is 2.37. The molecule has 2 aromatic carbocycles. The normalized spacial score (nSPS) is 10.2. The highest BCUT2D eigenvalue weighted by atomic mass is 79.9. The SMILES string of the molecule is COc1ccccc1COc1ccc(Cl)cc1Br. The Hall–Kier alpha value is -1.19. The number of hydrogen-bond acceptors (Lipinski definition) is 2. The van der Waals surface area contributed by atoms with Gasteiger partial charge in [0.2, 0.25) is 0 Å². The minimum Gasteiger partial charge on any atom is -0.496 e. The highest BCUT2D eigenvalue weighted by molar-refractivity contribution is 9.10. The molecule has 0 unspecified atom stereocenters. The molecule has 2 rings (SSSR count). The van der Waals surface area contributed by atoms with Crippen molar-refractivity contribution in [3.8, 4) is 11.5 Å². The van der Waals surface area contributed by atoms with Crippen molar-refractivity contribution in [2.45, 2.75) is 6.61 Å². The van der Waals surface area contributed by atoms with E-state index in [1.54, 1.807) is 19.2 Å². The number of ether oxygens (including phenoxy) is 2. The second-order valence-corrected chi connectivity index (χ2v) is 4.97. The maximum absolute atomic E-state index is 5.88. The molecule has 0 aliphatic carbocycles. The summed E-state index contributed by atoms with van der Waals surface area (Å²) in [5.41, 5.74) is 1.00. The van der Waals surface area contributed by atoms with Crippen LogP contribution in [-0.2, 0) is 6.61 Å². The van der Waals surface area contributed by atoms with Crippen molar-refractivity contribution in [1.29, 1.82) is 0 Å². The van der Waals surface area contributed by atoms with Crippen LogP contribution in [0.1, 0.15) is 5.56 Å². The average molecular weight is 328 g/mol. The largest absolute Gasteiger partial charge is 0.496 e. The van der Waals surface area contributed by atoms with Crippen LogP contribution < -0.4 is 9.47 Å². The van der Waals surface area contributed by atoms with Crippen LogP contribution in [0.15, 0.2) is 46.9 Å². The van der Waals surface area contributed by atoms with E-state index in [1.165, 1.54) is 0 Å². The molecule has 0 aliphatic heterocycles. The van der Waals surface area contributed by atoms with E-state index >= 15 is 0 Å². The van der Waals surface area contributed by atoms with Gasteiger partial charge in [0.1, 0.15) is 18.1 Å². The lowest BCUT2D eigenvalue weighted by atomic mass is 10.2. The van der Waals surface area contributed by atoms with Gasteiger partial charge < -0.3 is 9.47 Å². The van der Waals surface area contributed by atoms with Crippen molar-refractivity contribution >= 4 is 27.5 Å². The van der Waals surface area contributed by atoms with Gasteiger partial charge in [-0.15, -0.1) is 0 Å². The number of para-hydroxylation sites is 1. The topological polar surface area (TPSA) is 18.5 Å². The maximum atomic E-state index is 5.88. The van der Waals surface area contributed by atoms with E-state index in [9.17, 15) is 0 Å². The molecule has 0 aromatic heterocycles. The lowest BCUT2D eigenvalue weighted by Gasteiger charge is -2.11. The Kier molecular flexibility index (Phi) is 4.50. The Bertz CT molecular complexity index is 543. The highest BCUT2D eigenvalue weighted by Gasteiger charge is 2.05. The molecule has 0 spiro atoms. The summed E-state index contributed by atoms with van der Waals surface area (Å²) in [4.78, 5) is 0. The van der Waals surface area contributed by atoms with Crippen molar-refractivity contribution in [3.05, 3.63) is 57.5 Å². The summed E-state index contributed by atoms with van der Waals surface area (Å²) < 4.78 is 11.8. The molecule has 0 N–H and O–H groups in total. The van der Waals surface area contributed by atoms with Crippen molar-refractivity contribution in [3.63, 3.8) is 0 Å². The average Bonchev–Trinajstić information content (AvgIpc) is 2.38. The van der Waals surface area contributed by atoms with Crippen LogP contribution in [-0.4, -0.2) is 7.11 Å². The van der Waals surface area contributed by atoms with Crippen molar-refractivity contribution in [2.75, 3.05) is 7.11 Å². The molecule has 0 bridgehead atoms. The molecule has 0 saturated heterocycles. The van der Waals surface area contributed by atoms with Gasteiger partial charge in [-0.1, -0.05) is 29.8 Å². The van der Waals surface area contributed by atoms with Gasteiger partial charge in [-0.2, -0.15) is 0 Å². The van der Waals surface area contributed by atoms with E-state index in [-0.39, 0.29) is 0 Å². The Labute approximate surface area is 120 Å². The molecule has 0 aliphatic rings. The number of rotatable bonds is 4. The standard InChI is InChI=1S/C14H12BrClO2/c1-17-13-5-3-2-4-10(13)9-18-14-7-6-11(16)8-12(14)15/h2-8H,9H2,1H3. The molecule has 0 amide bonds. The monoisotopic (exact) mass is 326 g/mol. The van der Waals surface area contributed by atoms with E-state index in [1.807, 2.05) is 30.3 Å². The molecule has 4 heteroatoms. The van der Waals surface area contributed by atoms with Gasteiger partial charge in [-0.3, -0.25) is 0 Å². The first-order chi connectivity index (χ1) is 8.70. The zero-order valence-electron chi connectivity index (χ0n) is 9.82. The van der Waals surface area contributed by atoms with Gasteiger partial charge in [0.25, 0.3) is 0 Å². The van der Waals surface area contributed by atoms with Gasteiger partial charge in [0.05, 0.1) is 11.6 Å². The van der Waals surface area contributed by atoms with Gasteiger partial charge in [0.15, 0.2) is 0 Å². The zero-order valence-corrected chi connectivity index (χ0v) is 12.2. The first-order valence-corrected chi connectivity index (χ1v) is 6.57. The van der Waals surface area contributed by atoms with Crippen LogP contribution in [0.25, 0.3) is 0 Å². The Morgan fingerprint density at radius 2 is 1.89 bits per heavy atom. The van der Waals surface area contributed by atoms with Crippen LogP contribution in [0.5, 0.6) is 11.5 Å². The molecular weight excluding hydrogens is 316 g/mol. The van der Waals surface area contributed by atoms with E-state index in [2.05, 4.69) is 15.9 Å². The summed E-state index contributed by atoms with van der Waals surface area (Å²) in [7, 11) is 1.65. The van der Waals surface area contributed by atoms with Crippen LogP contribution in [0, 0.1) is 0 Å². The van der Waals surface area contributed by atoms with Crippen LogP contribution in [0.4, 0.5) is 0 Å². The quantitative estimate of drug-likeness (QED) is 0.811. The Balaban J connectivity index is 2.11. The third-order valence-electron chi connectivity index (χ3n) is 2.47. The van der Waals surface area contributed by atoms with E-state index < -0.39 is 0 Å². The fourth-order valence-electron chi connectivity index (χ4n) is 1.57. The number of methoxy groups -OCH3 is 1. The molecule has 0 atom stereocenters. The second kappa shape index (κ2) is 6.12. The molecule has 0 radical (unpaired) electrons. The molecule has 0 heterocycles. The number of halogens is 2. The Morgan fingerprint density at radius 1 is 1.11 bits per heavy atom. The molecule has 0 saturated carbocycles. The van der Waals surface area contributed by atoms with Crippen LogP contribution in [0.3, 0.4) is 0 Å². The first-order valence-electron chi connectivity index (χ1n) is 5.40. The zero-order chi connectivity index (χ0) is 13.0. The smallest absolute Gasteiger partial charge is 0.134 e. The predicted octanol–water partition coefficient (Wildman–Crippen LogP) is 4.69. The fraction of sp³-hybridized carbons (Fsp3) is 0.143. The van der Waals surface area contributed by atoms with Gasteiger partial charge in [-0.25, -0.2) is 0 Å². The number of hydrogen-bond donors (Lipinski definition) is 0. The summed E-state index contributed by atoms with van der Waals surface area (Å²) in [5, 5.41) is 0.673. The van der Waals surface area contributed by atoms with Gasteiger partial charge in [0, 0.05) is 10.6 Å². The number of benzene rings is 2. The third-order valence-corrected chi connectivity index (χ3v) is 3.32. The van der Waals surface area contributed by atoms with Crippen LogP contribution in [0.2, 0.25) is 5.02 Å². The lowest BCUT2D eigenvalue weighted by molar-refractivity contribution is 0.295. The highest BCUT2D eigenvalue weighted by Crippen LogP contribution is 2.29. The summed E-state index contributed by atoms with van der Waals surface area (Å²) in [6.45, 7) is 0.449. The third kappa shape index (κ3) is 3.18. The maximum Gasteiger partial charge on any atom is 0.134 e. The van der Waals surface area contributed by atoms with Gasteiger partial charge in [-0.05, 0) is 40.2 Å². The summed E-state index contributed by atoms with van der Waals surface area (Å²) in [5.74, 6) is 1.58. The van der Waals surface area contributed by atoms with E-state index in [0.29, 0.717) is 11.6 Å². The van der Waals surface area contributed by atoms with E-state index in [0.717, 1.165) is 21.5 Å². The Morgan fingerprint density at radius 3 is 2.61 bits per heavy atom. The van der Waals surface area contributed by atoms with Crippen molar-refractivity contribution in [1.82, 2.24) is 0 Å². The molecule has 0 fully saturated rings. The second-order valence-electron chi connectivity index (χ2n) is 3.68. The summed E-state index contributed by atoms with van der Waals surface area (Å²) in [6.07, 6.45) is 0. The van der Waals surface area contributed by atoms with Crippen molar-refractivity contribution in [2.24, 2.45) is 0 Å². The molecule has 2 nitrogen and oxygen atoms in total. The molecule has 94 valence electrons.